The van der Waals surface area contributed by atoms with Crippen LogP contribution in [0.1, 0.15) is 26.2 Å². The number of aromatic nitrogens is 4. The summed E-state index contributed by atoms with van der Waals surface area (Å²) in [5, 5.41) is 18.3. The number of rotatable bonds is 7. The van der Waals surface area contributed by atoms with Crippen LogP contribution in [0.15, 0.2) is 30.3 Å². The monoisotopic (exact) mass is 429 g/mol. The largest absolute Gasteiger partial charge is 0.341 e. The molecule has 8 nitrogen and oxygen atoms in total. The average molecular weight is 430 g/mol. The van der Waals surface area contributed by atoms with Crippen molar-refractivity contribution in [1.82, 2.24) is 30.4 Å². The van der Waals surface area contributed by atoms with E-state index in [0.29, 0.717) is 18.3 Å². The molecule has 0 aliphatic carbocycles. The predicted molar refractivity (Wildman–Crippen MR) is 115 cm³/mol. The Labute approximate surface area is 178 Å². The Morgan fingerprint density at radius 1 is 1.29 bits per heavy atom. The maximum absolute atomic E-state index is 13.0. The molecular formula is C18H29Cl2N7O. The van der Waals surface area contributed by atoms with Crippen molar-refractivity contribution in [2.24, 2.45) is 5.92 Å². The second-order valence-corrected chi connectivity index (χ2v) is 6.71. The van der Waals surface area contributed by atoms with Crippen LogP contribution in [0.5, 0.6) is 0 Å². The van der Waals surface area contributed by atoms with Gasteiger partial charge in [0.25, 0.3) is 0 Å². The van der Waals surface area contributed by atoms with Crippen LogP contribution in [-0.4, -0.2) is 63.7 Å². The van der Waals surface area contributed by atoms with E-state index in [1.165, 1.54) is 6.42 Å². The number of nitrogens with zero attached hydrogens (tertiary/aromatic N) is 5. The molecule has 0 bridgehead atoms. The minimum Gasteiger partial charge on any atom is -0.341 e. The van der Waals surface area contributed by atoms with Gasteiger partial charge in [-0.3, -0.25) is 4.79 Å². The summed E-state index contributed by atoms with van der Waals surface area (Å²) in [5.41, 5.74) is 0.856. The first-order valence-corrected chi connectivity index (χ1v) is 9.26. The third kappa shape index (κ3) is 5.80. The first kappa shape index (κ1) is 24.1. The van der Waals surface area contributed by atoms with Gasteiger partial charge >= 0.3 is 0 Å². The summed E-state index contributed by atoms with van der Waals surface area (Å²) in [4.78, 5) is 15.0. The summed E-state index contributed by atoms with van der Waals surface area (Å²) < 4.78 is 1.62. The van der Waals surface area contributed by atoms with Crippen molar-refractivity contribution in [2.75, 3.05) is 32.0 Å². The van der Waals surface area contributed by atoms with Crippen LogP contribution in [0, 0.1) is 5.92 Å². The van der Waals surface area contributed by atoms with Crippen LogP contribution in [-0.2, 0) is 4.79 Å². The number of carbonyl (C=O) groups is 1. The minimum atomic E-state index is -0.336. The highest BCUT2D eigenvalue weighted by Gasteiger charge is 2.29. The SMILES string of the molecule is CCC(Nc1nnnn1-c1ccccc1)C(=O)N1CCCC(CNC)C1.Cl.Cl. The number of benzene rings is 1. The third-order valence-electron chi connectivity index (χ3n) is 4.80. The molecule has 10 heteroatoms. The van der Waals surface area contributed by atoms with Gasteiger partial charge in [0.15, 0.2) is 0 Å². The number of likely N-dealkylation sites (tertiary alicyclic amines) is 1. The fourth-order valence-corrected chi connectivity index (χ4v) is 3.46. The quantitative estimate of drug-likeness (QED) is 0.700. The molecular weight excluding hydrogens is 401 g/mol. The molecule has 2 N–H and O–H groups in total. The van der Waals surface area contributed by atoms with Crippen LogP contribution in [0.2, 0.25) is 0 Å². The molecule has 1 aromatic carbocycles. The average Bonchev–Trinajstić information content (AvgIpc) is 3.15. The maximum Gasteiger partial charge on any atom is 0.248 e. The maximum atomic E-state index is 13.0. The number of tetrazole rings is 1. The second-order valence-electron chi connectivity index (χ2n) is 6.71. The van der Waals surface area contributed by atoms with Crippen molar-refractivity contribution in [3.63, 3.8) is 0 Å². The van der Waals surface area contributed by atoms with E-state index in [9.17, 15) is 4.79 Å². The van der Waals surface area contributed by atoms with Crippen molar-refractivity contribution in [3.05, 3.63) is 30.3 Å². The number of carbonyl (C=O) groups excluding carboxylic acids is 1. The van der Waals surface area contributed by atoms with Crippen LogP contribution in [0.25, 0.3) is 5.69 Å². The molecule has 0 saturated carbocycles. The lowest BCUT2D eigenvalue weighted by atomic mass is 9.97. The number of halogens is 2. The number of anilines is 1. The number of amides is 1. The van der Waals surface area contributed by atoms with E-state index >= 15 is 0 Å². The van der Waals surface area contributed by atoms with E-state index in [4.69, 9.17) is 0 Å². The molecule has 28 heavy (non-hydrogen) atoms. The Kier molecular flexibility index (Phi) is 10.2. The van der Waals surface area contributed by atoms with Crippen molar-refractivity contribution in [1.29, 1.82) is 0 Å². The molecule has 1 aliphatic rings. The summed E-state index contributed by atoms with van der Waals surface area (Å²) >= 11 is 0. The van der Waals surface area contributed by atoms with Crippen LogP contribution >= 0.6 is 24.8 Å². The summed E-state index contributed by atoms with van der Waals surface area (Å²) in [6.45, 7) is 4.57. The van der Waals surface area contributed by atoms with Gasteiger partial charge in [0.05, 0.1) is 5.69 Å². The van der Waals surface area contributed by atoms with E-state index < -0.39 is 0 Å². The van der Waals surface area contributed by atoms with Gasteiger partial charge in [0.1, 0.15) is 6.04 Å². The molecule has 1 aliphatic heterocycles. The number of hydrogen-bond acceptors (Lipinski definition) is 6. The van der Waals surface area contributed by atoms with Gasteiger partial charge in [-0.1, -0.05) is 30.2 Å². The topological polar surface area (TPSA) is 88.0 Å². The smallest absolute Gasteiger partial charge is 0.248 e. The number of piperidine rings is 1. The molecule has 0 spiro atoms. The van der Waals surface area contributed by atoms with E-state index in [1.807, 2.05) is 49.2 Å². The Morgan fingerprint density at radius 3 is 2.71 bits per heavy atom. The summed E-state index contributed by atoms with van der Waals surface area (Å²) in [6.07, 6.45) is 2.89. The lowest BCUT2D eigenvalue weighted by Gasteiger charge is -2.35. The third-order valence-corrected chi connectivity index (χ3v) is 4.80. The van der Waals surface area contributed by atoms with Crippen molar-refractivity contribution in [3.8, 4) is 5.69 Å². The number of para-hydroxylation sites is 1. The zero-order valence-corrected chi connectivity index (χ0v) is 17.9. The van der Waals surface area contributed by atoms with Gasteiger partial charge in [-0.15, -0.1) is 24.8 Å². The van der Waals surface area contributed by atoms with E-state index in [-0.39, 0.29) is 36.8 Å². The first-order chi connectivity index (χ1) is 12.7. The molecule has 2 atom stereocenters. The molecule has 1 amide bonds. The molecule has 1 aromatic heterocycles. The van der Waals surface area contributed by atoms with Crippen molar-refractivity contribution in [2.45, 2.75) is 32.2 Å². The lowest BCUT2D eigenvalue weighted by molar-refractivity contribution is -0.133. The second kappa shape index (κ2) is 11.8. The minimum absolute atomic E-state index is 0. The fourth-order valence-electron chi connectivity index (χ4n) is 3.46. The van der Waals surface area contributed by atoms with Gasteiger partial charge in [-0.2, -0.15) is 4.68 Å². The van der Waals surface area contributed by atoms with Crippen LogP contribution in [0.4, 0.5) is 5.95 Å². The molecule has 3 rings (SSSR count). The molecule has 0 radical (unpaired) electrons. The summed E-state index contributed by atoms with van der Waals surface area (Å²) in [7, 11) is 1.96. The van der Waals surface area contributed by atoms with E-state index in [1.54, 1.807) is 4.68 Å². The van der Waals surface area contributed by atoms with Crippen molar-refractivity contribution >= 4 is 36.7 Å². The van der Waals surface area contributed by atoms with Crippen LogP contribution in [0.3, 0.4) is 0 Å². The molecule has 2 heterocycles. The standard InChI is InChI=1S/C18H27N7O.2ClH/c1-3-16(17(26)24-11-7-8-14(13-24)12-19-2)20-18-21-22-23-25(18)15-9-5-4-6-10-15;;/h4-6,9-10,14,16,19H,3,7-8,11-13H2,1-2H3,(H,20,21,23);2*1H. The zero-order valence-electron chi connectivity index (χ0n) is 16.2. The Balaban J connectivity index is 0.00000196. The zero-order chi connectivity index (χ0) is 18.4. The molecule has 2 aromatic rings. The normalized spacial score (nSPS) is 17.2. The molecule has 1 saturated heterocycles. The predicted octanol–water partition coefficient (Wildman–Crippen LogP) is 2.15. The van der Waals surface area contributed by atoms with Gasteiger partial charge in [-0.05, 0) is 61.3 Å². The highest BCUT2D eigenvalue weighted by Crippen LogP contribution is 2.19. The van der Waals surface area contributed by atoms with Gasteiger partial charge in [0, 0.05) is 13.1 Å². The summed E-state index contributed by atoms with van der Waals surface area (Å²) in [6, 6.07) is 9.32. The Morgan fingerprint density at radius 2 is 2.04 bits per heavy atom. The lowest BCUT2D eigenvalue weighted by Crippen LogP contribution is -2.48. The number of nitrogens with one attached hydrogen (secondary N) is 2. The van der Waals surface area contributed by atoms with Crippen LogP contribution < -0.4 is 10.6 Å². The van der Waals surface area contributed by atoms with Gasteiger partial charge in [0.2, 0.25) is 11.9 Å². The van der Waals surface area contributed by atoms with Gasteiger partial charge < -0.3 is 15.5 Å². The number of hydrogen-bond donors (Lipinski definition) is 2. The molecule has 156 valence electrons. The first-order valence-electron chi connectivity index (χ1n) is 9.26. The van der Waals surface area contributed by atoms with E-state index in [2.05, 4.69) is 26.2 Å². The Bertz CT molecular complexity index is 711. The molecule has 2 unspecified atom stereocenters. The highest BCUT2D eigenvalue weighted by molar-refractivity contribution is 5.85. The fraction of sp³-hybridized carbons (Fsp3) is 0.556. The highest BCUT2D eigenvalue weighted by atomic mass is 35.5. The van der Waals surface area contributed by atoms with E-state index in [0.717, 1.165) is 31.7 Å². The van der Waals surface area contributed by atoms with Gasteiger partial charge in [-0.25, -0.2) is 0 Å². The van der Waals surface area contributed by atoms with Crippen molar-refractivity contribution < 1.29 is 4.79 Å². The molecule has 1 fully saturated rings. The Hall–Kier alpha value is -1.90. The summed E-state index contributed by atoms with van der Waals surface area (Å²) in [5.74, 6) is 1.13.